The Morgan fingerprint density at radius 1 is 1.43 bits per heavy atom. The Morgan fingerprint density at radius 2 is 2.24 bits per heavy atom. The lowest BCUT2D eigenvalue weighted by Gasteiger charge is -2.09. The Hall–Kier alpha value is -2.04. The van der Waals surface area contributed by atoms with Gasteiger partial charge in [-0.3, -0.25) is 4.79 Å². The van der Waals surface area contributed by atoms with Gasteiger partial charge in [-0.15, -0.1) is 0 Å². The molecule has 2 N–H and O–H groups in total. The second-order valence-corrected chi connectivity index (χ2v) is 5.69. The molecule has 21 heavy (non-hydrogen) atoms. The van der Waals surface area contributed by atoms with Crippen LogP contribution in [-0.2, 0) is 11.2 Å². The molecule has 0 saturated carbocycles. The number of carbonyl (C=O) groups excluding carboxylic acids is 1. The zero-order chi connectivity index (χ0) is 15.2. The van der Waals surface area contributed by atoms with Crippen molar-refractivity contribution in [3.05, 3.63) is 29.3 Å². The maximum Gasteiger partial charge on any atom is 0.257 e. The van der Waals surface area contributed by atoms with Crippen LogP contribution in [-0.4, -0.2) is 30.0 Å². The first-order valence-corrected chi connectivity index (χ1v) is 7.34. The van der Waals surface area contributed by atoms with E-state index in [1.807, 2.05) is 12.1 Å². The number of hydrogen-bond acceptors (Lipinski definition) is 4. The lowest BCUT2D eigenvalue weighted by atomic mass is 10.1. The van der Waals surface area contributed by atoms with Crippen molar-refractivity contribution >= 4 is 11.6 Å². The third-order valence-electron chi connectivity index (χ3n) is 3.55. The number of fused-ring (bicyclic) bond motifs is 1. The number of amides is 1. The number of nitrogens with zero attached hydrogens (tertiary/aromatic N) is 1. The molecule has 1 aliphatic rings. The standard InChI is InChI=1S/C16H22N2O3/c1-11(2)7-8-17-16(19)10-21-13-4-5-14-12(9-13)3-6-15(14)18-20/h4-5,9,11,20H,3,6-8,10H2,1-2H3,(H,17,19)/b18-15+. The molecule has 0 bridgehead atoms. The lowest BCUT2D eigenvalue weighted by Crippen LogP contribution is -2.30. The second-order valence-electron chi connectivity index (χ2n) is 5.69. The molecule has 0 saturated heterocycles. The predicted octanol–water partition coefficient (Wildman–Crippen LogP) is 2.35. The van der Waals surface area contributed by atoms with Crippen LogP contribution in [0.3, 0.4) is 0 Å². The zero-order valence-corrected chi connectivity index (χ0v) is 12.6. The van der Waals surface area contributed by atoms with E-state index in [0.717, 1.165) is 30.4 Å². The van der Waals surface area contributed by atoms with Gasteiger partial charge in [-0.25, -0.2) is 0 Å². The molecule has 0 fully saturated rings. The fourth-order valence-electron chi connectivity index (χ4n) is 2.34. The molecule has 0 aromatic heterocycles. The number of nitrogens with one attached hydrogen (secondary N) is 1. The smallest absolute Gasteiger partial charge is 0.257 e. The fraction of sp³-hybridized carbons (Fsp3) is 0.500. The SMILES string of the molecule is CC(C)CCNC(=O)COc1ccc2c(c1)CC/C2=N\O. The van der Waals surface area contributed by atoms with Gasteiger partial charge in [0, 0.05) is 12.1 Å². The van der Waals surface area contributed by atoms with Gasteiger partial charge in [0.05, 0.1) is 5.71 Å². The topological polar surface area (TPSA) is 70.9 Å². The Balaban J connectivity index is 1.83. The number of oxime groups is 1. The fourth-order valence-corrected chi connectivity index (χ4v) is 2.34. The van der Waals surface area contributed by atoms with Crippen molar-refractivity contribution in [3.8, 4) is 5.75 Å². The molecular formula is C16H22N2O3. The highest BCUT2D eigenvalue weighted by atomic mass is 16.5. The van der Waals surface area contributed by atoms with Crippen molar-refractivity contribution in [1.82, 2.24) is 5.32 Å². The molecule has 0 unspecified atom stereocenters. The number of rotatable bonds is 6. The number of aryl methyl sites for hydroxylation is 1. The maximum atomic E-state index is 11.6. The lowest BCUT2D eigenvalue weighted by molar-refractivity contribution is -0.123. The summed E-state index contributed by atoms with van der Waals surface area (Å²) in [6.45, 7) is 4.95. The third kappa shape index (κ3) is 4.21. The molecule has 0 aliphatic heterocycles. The zero-order valence-electron chi connectivity index (χ0n) is 12.6. The largest absolute Gasteiger partial charge is 0.484 e. The van der Waals surface area contributed by atoms with Crippen LogP contribution in [0.5, 0.6) is 5.75 Å². The summed E-state index contributed by atoms with van der Waals surface area (Å²) in [5.74, 6) is 1.14. The van der Waals surface area contributed by atoms with E-state index in [4.69, 9.17) is 9.94 Å². The number of benzene rings is 1. The Labute approximate surface area is 125 Å². The molecule has 0 radical (unpaired) electrons. The van der Waals surface area contributed by atoms with Crippen molar-refractivity contribution in [2.75, 3.05) is 13.2 Å². The van der Waals surface area contributed by atoms with E-state index in [0.29, 0.717) is 23.9 Å². The molecule has 5 nitrogen and oxygen atoms in total. The first-order chi connectivity index (χ1) is 10.1. The van der Waals surface area contributed by atoms with Crippen LogP contribution < -0.4 is 10.1 Å². The normalized spacial score (nSPS) is 15.3. The second kappa shape index (κ2) is 7.11. The molecule has 1 amide bonds. The molecule has 1 aromatic carbocycles. The minimum atomic E-state index is -0.103. The maximum absolute atomic E-state index is 11.6. The van der Waals surface area contributed by atoms with Gasteiger partial charge in [-0.2, -0.15) is 0 Å². The summed E-state index contributed by atoms with van der Waals surface area (Å²) in [7, 11) is 0. The van der Waals surface area contributed by atoms with E-state index in [9.17, 15) is 4.79 Å². The average molecular weight is 290 g/mol. The average Bonchev–Trinajstić information content (AvgIpc) is 2.87. The molecule has 114 valence electrons. The van der Waals surface area contributed by atoms with Crippen LogP contribution in [0.1, 0.15) is 37.8 Å². The molecule has 0 heterocycles. The summed E-state index contributed by atoms with van der Waals surface area (Å²) in [4.78, 5) is 11.6. The summed E-state index contributed by atoms with van der Waals surface area (Å²) in [5, 5.41) is 15.0. The van der Waals surface area contributed by atoms with Crippen molar-refractivity contribution in [3.63, 3.8) is 0 Å². The van der Waals surface area contributed by atoms with E-state index in [1.54, 1.807) is 6.07 Å². The van der Waals surface area contributed by atoms with E-state index >= 15 is 0 Å². The molecule has 0 spiro atoms. The molecule has 2 rings (SSSR count). The van der Waals surface area contributed by atoms with Crippen LogP contribution in [0.15, 0.2) is 23.4 Å². The van der Waals surface area contributed by atoms with E-state index < -0.39 is 0 Å². The highest BCUT2D eigenvalue weighted by Crippen LogP contribution is 2.26. The minimum absolute atomic E-state index is 0.0256. The minimum Gasteiger partial charge on any atom is -0.484 e. The first kappa shape index (κ1) is 15.4. The number of carbonyl (C=O) groups is 1. The summed E-state index contributed by atoms with van der Waals surface area (Å²) in [6, 6.07) is 5.59. The summed E-state index contributed by atoms with van der Waals surface area (Å²) >= 11 is 0. The highest BCUT2D eigenvalue weighted by molar-refractivity contribution is 6.04. The molecule has 1 aliphatic carbocycles. The van der Waals surface area contributed by atoms with Crippen LogP contribution >= 0.6 is 0 Å². The summed E-state index contributed by atoms with van der Waals surface area (Å²) < 4.78 is 5.51. The summed E-state index contributed by atoms with van der Waals surface area (Å²) in [5.41, 5.74) is 2.77. The van der Waals surface area contributed by atoms with Gasteiger partial charge in [0.25, 0.3) is 5.91 Å². The molecule has 5 heteroatoms. The van der Waals surface area contributed by atoms with Crippen LogP contribution in [0.2, 0.25) is 0 Å². The Morgan fingerprint density at radius 3 is 2.95 bits per heavy atom. The van der Waals surface area contributed by atoms with E-state index in [2.05, 4.69) is 24.3 Å². The van der Waals surface area contributed by atoms with Crippen LogP contribution in [0.4, 0.5) is 0 Å². The molecular weight excluding hydrogens is 268 g/mol. The van der Waals surface area contributed by atoms with Gasteiger partial charge in [-0.1, -0.05) is 19.0 Å². The summed E-state index contributed by atoms with van der Waals surface area (Å²) in [6.07, 6.45) is 2.55. The van der Waals surface area contributed by atoms with Gasteiger partial charge in [-0.05, 0) is 48.9 Å². The monoisotopic (exact) mass is 290 g/mol. The predicted molar refractivity (Wildman–Crippen MR) is 81.0 cm³/mol. The van der Waals surface area contributed by atoms with Crippen molar-refractivity contribution in [2.24, 2.45) is 11.1 Å². The van der Waals surface area contributed by atoms with Gasteiger partial charge >= 0.3 is 0 Å². The highest BCUT2D eigenvalue weighted by Gasteiger charge is 2.18. The van der Waals surface area contributed by atoms with Gasteiger partial charge in [0.2, 0.25) is 0 Å². The van der Waals surface area contributed by atoms with Gasteiger partial charge in [0.15, 0.2) is 6.61 Å². The number of hydrogen-bond donors (Lipinski definition) is 2. The van der Waals surface area contributed by atoms with Crippen molar-refractivity contribution in [1.29, 1.82) is 0 Å². The Bertz CT molecular complexity index is 538. The Kier molecular flexibility index (Phi) is 5.20. The van der Waals surface area contributed by atoms with Gasteiger partial charge in [0.1, 0.15) is 5.75 Å². The quantitative estimate of drug-likeness (QED) is 0.624. The van der Waals surface area contributed by atoms with Crippen LogP contribution in [0, 0.1) is 5.92 Å². The van der Waals surface area contributed by atoms with Crippen LogP contribution in [0.25, 0.3) is 0 Å². The van der Waals surface area contributed by atoms with Crippen molar-refractivity contribution < 1.29 is 14.7 Å². The van der Waals surface area contributed by atoms with E-state index in [-0.39, 0.29) is 12.5 Å². The first-order valence-electron chi connectivity index (χ1n) is 7.34. The van der Waals surface area contributed by atoms with Gasteiger partial charge < -0.3 is 15.3 Å². The third-order valence-corrected chi connectivity index (χ3v) is 3.55. The number of ether oxygens (including phenoxy) is 1. The van der Waals surface area contributed by atoms with E-state index in [1.165, 1.54) is 0 Å². The molecule has 1 aromatic rings. The molecule has 0 atom stereocenters. The van der Waals surface area contributed by atoms with Crippen molar-refractivity contribution in [2.45, 2.75) is 33.1 Å².